The predicted octanol–water partition coefficient (Wildman–Crippen LogP) is 4.08. The van der Waals surface area contributed by atoms with E-state index in [0.717, 1.165) is 12.1 Å². The number of nitrogens with one attached hydrogen (secondary N) is 2. The summed E-state index contributed by atoms with van der Waals surface area (Å²) in [4.78, 5) is 19.4. The number of amides is 1. The zero-order valence-electron chi connectivity index (χ0n) is 13.8. The van der Waals surface area contributed by atoms with Crippen LogP contribution >= 0.6 is 0 Å². The van der Waals surface area contributed by atoms with Crippen molar-refractivity contribution in [3.8, 4) is 0 Å². The molecule has 1 heterocycles. The van der Waals surface area contributed by atoms with Gasteiger partial charge in [0.15, 0.2) is 0 Å². The Balaban J connectivity index is 1.78. The molecule has 0 aliphatic heterocycles. The number of hydrogen-bond acceptors (Lipinski definition) is 5. The molecule has 0 radical (unpaired) electrons. The van der Waals surface area contributed by atoms with Gasteiger partial charge >= 0.3 is 6.18 Å². The molecular weight excluding hydrogens is 359 g/mol. The van der Waals surface area contributed by atoms with Gasteiger partial charge in [-0.2, -0.15) is 18.2 Å². The third-order valence-electron chi connectivity index (χ3n) is 3.52. The second kappa shape index (κ2) is 7.32. The first-order valence-corrected chi connectivity index (χ1v) is 7.75. The molecule has 138 valence electrons. The van der Waals surface area contributed by atoms with Crippen molar-refractivity contribution >= 4 is 29.0 Å². The maximum atomic E-state index is 12.8. The first kappa shape index (κ1) is 18.2. The van der Waals surface area contributed by atoms with Crippen molar-refractivity contribution in [1.82, 2.24) is 9.97 Å². The fourth-order valence-electron chi connectivity index (χ4n) is 2.29. The molecule has 3 rings (SSSR count). The summed E-state index contributed by atoms with van der Waals surface area (Å²) in [6.45, 7) is 0. The first-order valence-electron chi connectivity index (χ1n) is 7.75. The van der Waals surface area contributed by atoms with E-state index in [1.54, 1.807) is 30.3 Å². The van der Waals surface area contributed by atoms with Crippen molar-refractivity contribution in [1.29, 1.82) is 0 Å². The Morgan fingerprint density at radius 3 is 2.37 bits per heavy atom. The summed E-state index contributed by atoms with van der Waals surface area (Å²) in [5.41, 5.74) is 5.59. The average Bonchev–Trinajstić information content (AvgIpc) is 2.62. The molecule has 0 aliphatic rings. The monoisotopic (exact) mass is 373 g/mol. The molecule has 6 nitrogen and oxygen atoms in total. The zero-order chi connectivity index (χ0) is 19.4. The molecule has 1 aromatic heterocycles. The zero-order valence-corrected chi connectivity index (χ0v) is 13.8. The number of rotatable bonds is 5. The van der Waals surface area contributed by atoms with Crippen molar-refractivity contribution < 1.29 is 18.0 Å². The van der Waals surface area contributed by atoms with E-state index in [9.17, 15) is 18.0 Å². The molecule has 0 atom stereocenters. The lowest BCUT2D eigenvalue weighted by Crippen LogP contribution is -2.11. The van der Waals surface area contributed by atoms with Gasteiger partial charge in [-0.15, -0.1) is 0 Å². The summed E-state index contributed by atoms with van der Waals surface area (Å²) in [6, 6.07) is 12.8. The van der Waals surface area contributed by atoms with Gasteiger partial charge in [0.25, 0.3) is 0 Å². The maximum absolute atomic E-state index is 12.8. The molecule has 0 bridgehead atoms. The highest BCUT2D eigenvalue weighted by molar-refractivity contribution is 5.93. The Kier molecular flexibility index (Phi) is 4.93. The van der Waals surface area contributed by atoms with E-state index in [1.165, 1.54) is 18.3 Å². The van der Waals surface area contributed by atoms with E-state index >= 15 is 0 Å². The summed E-state index contributed by atoms with van der Waals surface area (Å²) < 4.78 is 38.4. The smallest absolute Gasteiger partial charge is 0.366 e. The number of halogens is 3. The predicted molar refractivity (Wildman–Crippen MR) is 95.0 cm³/mol. The molecule has 0 saturated carbocycles. The maximum Gasteiger partial charge on any atom is 0.416 e. The van der Waals surface area contributed by atoms with Crippen LogP contribution in [0.1, 0.15) is 15.9 Å². The largest absolute Gasteiger partial charge is 0.416 e. The lowest BCUT2D eigenvalue weighted by molar-refractivity contribution is -0.137. The number of alkyl halides is 3. The third-order valence-corrected chi connectivity index (χ3v) is 3.52. The second-order valence-electron chi connectivity index (χ2n) is 5.54. The van der Waals surface area contributed by atoms with E-state index in [-0.39, 0.29) is 11.6 Å². The molecule has 4 N–H and O–H groups in total. The Morgan fingerprint density at radius 2 is 1.67 bits per heavy atom. The van der Waals surface area contributed by atoms with E-state index in [2.05, 4.69) is 20.6 Å². The summed E-state index contributed by atoms with van der Waals surface area (Å²) in [5.74, 6) is -0.0558. The standard InChI is InChI=1S/C18H14F3N5O/c19-18(20,21)12-4-2-6-14(10-12)25-17-23-8-7-15(26-17)24-13-5-1-3-11(9-13)16(22)27/h1-10H,(H2,22,27)(H2,23,24,25,26). The van der Waals surface area contributed by atoms with Crippen molar-refractivity contribution in [3.63, 3.8) is 0 Å². The molecular formula is C18H14F3N5O. The van der Waals surface area contributed by atoms with Gasteiger partial charge < -0.3 is 16.4 Å². The van der Waals surface area contributed by atoms with Crippen molar-refractivity contribution in [3.05, 3.63) is 71.9 Å². The van der Waals surface area contributed by atoms with Crippen LogP contribution < -0.4 is 16.4 Å². The van der Waals surface area contributed by atoms with Crippen molar-refractivity contribution in [2.75, 3.05) is 10.6 Å². The Bertz CT molecular complexity index is 975. The summed E-state index contributed by atoms with van der Waals surface area (Å²) in [7, 11) is 0. The topological polar surface area (TPSA) is 92.9 Å². The molecule has 0 aliphatic carbocycles. The number of aromatic nitrogens is 2. The third kappa shape index (κ3) is 4.72. The minimum Gasteiger partial charge on any atom is -0.366 e. The van der Waals surface area contributed by atoms with Gasteiger partial charge in [-0.3, -0.25) is 4.79 Å². The molecule has 9 heteroatoms. The molecule has 0 unspecified atom stereocenters. The second-order valence-corrected chi connectivity index (χ2v) is 5.54. The summed E-state index contributed by atoms with van der Waals surface area (Å²) in [6.07, 6.45) is -2.99. The number of primary amides is 1. The van der Waals surface area contributed by atoms with Gasteiger partial charge in [0.2, 0.25) is 11.9 Å². The van der Waals surface area contributed by atoms with Gasteiger partial charge in [0, 0.05) is 23.1 Å². The Labute approximate surface area is 152 Å². The fourth-order valence-corrected chi connectivity index (χ4v) is 2.29. The lowest BCUT2D eigenvalue weighted by atomic mass is 10.2. The Morgan fingerprint density at radius 1 is 0.963 bits per heavy atom. The number of carbonyl (C=O) groups is 1. The number of benzene rings is 2. The van der Waals surface area contributed by atoms with Crippen LogP contribution in [0.25, 0.3) is 0 Å². The van der Waals surface area contributed by atoms with Crippen molar-refractivity contribution in [2.45, 2.75) is 6.18 Å². The van der Waals surface area contributed by atoms with E-state index in [0.29, 0.717) is 17.1 Å². The van der Waals surface area contributed by atoms with Gasteiger partial charge in [-0.05, 0) is 42.5 Å². The number of nitrogens with two attached hydrogens (primary N) is 1. The molecule has 27 heavy (non-hydrogen) atoms. The van der Waals surface area contributed by atoms with Crippen LogP contribution in [-0.2, 0) is 6.18 Å². The highest BCUT2D eigenvalue weighted by Crippen LogP contribution is 2.31. The van der Waals surface area contributed by atoms with Crippen LogP contribution in [0.15, 0.2) is 60.8 Å². The van der Waals surface area contributed by atoms with Crippen LogP contribution in [-0.4, -0.2) is 15.9 Å². The molecule has 1 amide bonds. The SMILES string of the molecule is NC(=O)c1cccc(Nc2ccnc(Nc3cccc(C(F)(F)F)c3)n2)c1. The van der Waals surface area contributed by atoms with Crippen LogP contribution in [0, 0.1) is 0 Å². The van der Waals surface area contributed by atoms with Gasteiger partial charge in [0.05, 0.1) is 5.56 Å². The summed E-state index contributed by atoms with van der Waals surface area (Å²) >= 11 is 0. The molecule has 3 aromatic rings. The molecule has 0 spiro atoms. The van der Waals surface area contributed by atoms with Crippen LogP contribution in [0.2, 0.25) is 0 Å². The Hall–Kier alpha value is -3.62. The van der Waals surface area contributed by atoms with Crippen LogP contribution in [0.4, 0.5) is 36.3 Å². The quantitative estimate of drug-likeness (QED) is 0.627. The van der Waals surface area contributed by atoms with E-state index in [4.69, 9.17) is 5.73 Å². The first-order chi connectivity index (χ1) is 12.8. The molecule has 2 aromatic carbocycles. The number of anilines is 4. The average molecular weight is 373 g/mol. The van der Waals surface area contributed by atoms with Gasteiger partial charge in [0.1, 0.15) is 5.82 Å². The van der Waals surface area contributed by atoms with Gasteiger partial charge in [-0.25, -0.2) is 4.98 Å². The molecule has 0 fully saturated rings. The number of nitrogens with zero attached hydrogens (tertiary/aromatic N) is 2. The normalized spacial score (nSPS) is 11.1. The van der Waals surface area contributed by atoms with E-state index < -0.39 is 17.6 Å². The highest BCUT2D eigenvalue weighted by Gasteiger charge is 2.30. The summed E-state index contributed by atoms with van der Waals surface area (Å²) in [5, 5.41) is 5.72. The minimum absolute atomic E-state index is 0.116. The highest BCUT2D eigenvalue weighted by atomic mass is 19.4. The molecule has 0 saturated heterocycles. The number of hydrogen-bond donors (Lipinski definition) is 3. The van der Waals surface area contributed by atoms with E-state index in [1.807, 2.05) is 0 Å². The lowest BCUT2D eigenvalue weighted by Gasteiger charge is -2.11. The van der Waals surface area contributed by atoms with Crippen LogP contribution in [0.3, 0.4) is 0 Å². The number of carbonyl (C=O) groups excluding carboxylic acids is 1. The van der Waals surface area contributed by atoms with Gasteiger partial charge in [-0.1, -0.05) is 12.1 Å². The van der Waals surface area contributed by atoms with Crippen molar-refractivity contribution in [2.24, 2.45) is 5.73 Å². The fraction of sp³-hybridized carbons (Fsp3) is 0.0556. The van der Waals surface area contributed by atoms with Crippen LogP contribution in [0.5, 0.6) is 0 Å². The minimum atomic E-state index is -4.44.